The van der Waals surface area contributed by atoms with Crippen LogP contribution in [-0.4, -0.2) is 47.8 Å². The Bertz CT molecular complexity index is 780. The van der Waals surface area contributed by atoms with Crippen LogP contribution in [0.4, 0.5) is 4.39 Å². The van der Waals surface area contributed by atoms with Crippen molar-refractivity contribution in [3.8, 4) is 0 Å². The number of carbonyl (C=O) groups excluding carboxylic acids is 2. The Morgan fingerprint density at radius 2 is 1.93 bits per heavy atom. The van der Waals surface area contributed by atoms with Crippen molar-refractivity contribution in [1.29, 1.82) is 0 Å². The third kappa shape index (κ3) is 5.27. The van der Waals surface area contributed by atoms with Crippen molar-refractivity contribution in [2.45, 2.75) is 5.92 Å². The zero-order valence-corrected chi connectivity index (χ0v) is 15.8. The molecule has 2 heterocycles. The summed E-state index contributed by atoms with van der Waals surface area (Å²) in [4.78, 5) is 24.4. The first kappa shape index (κ1) is 20.9. The van der Waals surface area contributed by atoms with Crippen molar-refractivity contribution in [3.05, 3.63) is 53.6 Å². The van der Waals surface area contributed by atoms with Gasteiger partial charge < -0.3 is 16.0 Å². The van der Waals surface area contributed by atoms with Crippen LogP contribution in [0.25, 0.3) is 0 Å². The molecule has 2 aromatic rings. The number of nitrogens with one attached hydrogen (secondary N) is 3. The summed E-state index contributed by atoms with van der Waals surface area (Å²) in [5, 5.41) is 13.0. The molecule has 1 fully saturated rings. The monoisotopic (exact) mass is 395 g/mol. The number of aryl methyl sites for hydroxylation is 1. The normalized spacial score (nSPS) is 18.6. The maximum atomic E-state index is 12.9. The first-order chi connectivity index (χ1) is 12.5. The van der Waals surface area contributed by atoms with E-state index in [-0.39, 0.29) is 41.9 Å². The molecule has 0 radical (unpaired) electrons. The molecule has 27 heavy (non-hydrogen) atoms. The number of hydrogen-bond donors (Lipinski definition) is 3. The highest BCUT2D eigenvalue weighted by Gasteiger charge is 2.34. The van der Waals surface area contributed by atoms with E-state index < -0.39 is 0 Å². The second-order valence-corrected chi connectivity index (χ2v) is 6.37. The van der Waals surface area contributed by atoms with Gasteiger partial charge in [-0.05, 0) is 29.8 Å². The Labute approximate surface area is 163 Å². The van der Waals surface area contributed by atoms with E-state index in [9.17, 15) is 14.0 Å². The molecule has 1 aliphatic heterocycles. The Balaban J connectivity index is 0.00000261. The predicted octanol–water partition coefficient (Wildman–Crippen LogP) is 0.830. The number of carbonyl (C=O) groups is 2. The van der Waals surface area contributed by atoms with Crippen LogP contribution in [-0.2, 0) is 11.8 Å². The molecule has 3 rings (SSSR count). The number of hydrogen-bond acceptors (Lipinski definition) is 4. The molecule has 2 amide bonds. The SMILES string of the molecule is Cl.Cn1cc([C@H]2CNC[C@@H]2C(=O)NCCNC(=O)c2ccc(F)cc2)cn1. The summed E-state index contributed by atoms with van der Waals surface area (Å²) < 4.78 is 14.6. The van der Waals surface area contributed by atoms with Crippen LogP contribution in [0.1, 0.15) is 21.8 Å². The van der Waals surface area contributed by atoms with Crippen LogP contribution in [0.3, 0.4) is 0 Å². The molecule has 1 aromatic heterocycles. The van der Waals surface area contributed by atoms with Gasteiger partial charge in [0.25, 0.3) is 5.91 Å². The molecule has 1 aliphatic rings. The molecule has 0 aliphatic carbocycles. The summed E-state index contributed by atoms with van der Waals surface area (Å²) in [5.41, 5.74) is 1.43. The zero-order valence-electron chi connectivity index (χ0n) is 14.9. The molecule has 9 heteroatoms. The van der Waals surface area contributed by atoms with E-state index in [4.69, 9.17) is 0 Å². The summed E-state index contributed by atoms with van der Waals surface area (Å²) >= 11 is 0. The minimum absolute atomic E-state index is 0. The van der Waals surface area contributed by atoms with Gasteiger partial charge in [-0.1, -0.05) is 0 Å². The van der Waals surface area contributed by atoms with Crippen LogP contribution in [0.2, 0.25) is 0 Å². The van der Waals surface area contributed by atoms with Crippen molar-refractivity contribution in [2.75, 3.05) is 26.2 Å². The van der Waals surface area contributed by atoms with Gasteiger partial charge in [-0.3, -0.25) is 14.3 Å². The van der Waals surface area contributed by atoms with Gasteiger partial charge in [-0.15, -0.1) is 12.4 Å². The number of amides is 2. The summed E-state index contributed by atoms with van der Waals surface area (Å²) in [6, 6.07) is 5.32. The van der Waals surface area contributed by atoms with Gasteiger partial charge in [0.05, 0.1) is 12.1 Å². The molecule has 146 valence electrons. The van der Waals surface area contributed by atoms with Crippen LogP contribution >= 0.6 is 12.4 Å². The Kier molecular flexibility index (Phi) is 7.32. The molecule has 0 bridgehead atoms. The van der Waals surface area contributed by atoms with Gasteiger partial charge in [0.2, 0.25) is 5.91 Å². The highest BCUT2D eigenvalue weighted by Crippen LogP contribution is 2.27. The van der Waals surface area contributed by atoms with E-state index in [1.165, 1.54) is 24.3 Å². The lowest BCUT2D eigenvalue weighted by molar-refractivity contribution is -0.124. The van der Waals surface area contributed by atoms with Gasteiger partial charge in [0.1, 0.15) is 5.82 Å². The third-order valence-electron chi connectivity index (χ3n) is 4.52. The Morgan fingerprint density at radius 3 is 2.59 bits per heavy atom. The summed E-state index contributed by atoms with van der Waals surface area (Å²) in [5.74, 6) is -0.790. The number of nitrogens with zero attached hydrogens (tertiary/aromatic N) is 2. The summed E-state index contributed by atoms with van der Waals surface area (Å²) in [6.45, 7) is 2.00. The highest BCUT2D eigenvalue weighted by molar-refractivity contribution is 5.94. The Hall–Kier alpha value is -2.45. The maximum Gasteiger partial charge on any atom is 0.251 e. The molecule has 7 nitrogen and oxygen atoms in total. The first-order valence-electron chi connectivity index (χ1n) is 8.55. The molecule has 3 N–H and O–H groups in total. The van der Waals surface area contributed by atoms with E-state index in [1.807, 2.05) is 13.2 Å². The highest BCUT2D eigenvalue weighted by atomic mass is 35.5. The number of benzene rings is 1. The molecular formula is C18H23ClFN5O2. The molecule has 0 unspecified atom stereocenters. The number of rotatable bonds is 6. The smallest absolute Gasteiger partial charge is 0.251 e. The van der Waals surface area contributed by atoms with Gasteiger partial charge in [-0.2, -0.15) is 5.10 Å². The molecular weight excluding hydrogens is 373 g/mol. The molecule has 1 aromatic carbocycles. The van der Waals surface area contributed by atoms with Crippen LogP contribution < -0.4 is 16.0 Å². The average Bonchev–Trinajstić information content (AvgIpc) is 3.27. The quantitative estimate of drug-likeness (QED) is 0.632. The lowest BCUT2D eigenvalue weighted by Gasteiger charge is -2.17. The van der Waals surface area contributed by atoms with Crippen molar-refractivity contribution >= 4 is 24.2 Å². The van der Waals surface area contributed by atoms with Gasteiger partial charge in [0, 0.05) is 50.9 Å². The van der Waals surface area contributed by atoms with E-state index >= 15 is 0 Å². The largest absolute Gasteiger partial charge is 0.354 e. The minimum Gasteiger partial charge on any atom is -0.354 e. The van der Waals surface area contributed by atoms with Crippen LogP contribution in [0, 0.1) is 11.7 Å². The average molecular weight is 396 g/mol. The minimum atomic E-state index is -0.387. The summed E-state index contributed by atoms with van der Waals surface area (Å²) in [7, 11) is 1.85. The fraction of sp³-hybridized carbons (Fsp3) is 0.389. The molecule has 0 spiro atoms. The van der Waals surface area contributed by atoms with Crippen LogP contribution in [0.15, 0.2) is 36.7 Å². The third-order valence-corrected chi connectivity index (χ3v) is 4.52. The van der Waals surface area contributed by atoms with Crippen molar-refractivity contribution < 1.29 is 14.0 Å². The van der Waals surface area contributed by atoms with Crippen molar-refractivity contribution in [2.24, 2.45) is 13.0 Å². The summed E-state index contributed by atoms with van der Waals surface area (Å²) in [6.07, 6.45) is 3.72. The fourth-order valence-corrected chi connectivity index (χ4v) is 3.13. The maximum absolute atomic E-state index is 12.9. The van der Waals surface area contributed by atoms with E-state index in [0.29, 0.717) is 25.2 Å². The Morgan fingerprint density at radius 1 is 1.22 bits per heavy atom. The number of halogens is 2. The van der Waals surface area contributed by atoms with E-state index in [0.717, 1.165) is 12.1 Å². The van der Waals surface area contributed by atoms with Crippen molar-refractivity contribution in [3.63, 3.8) is 0 Å². The standard InChI is InChI=1S/C18H22FN5O2.ClH/c1-24-11-13(8-23-24)15-9-20-10-16(15)18(26)22-7-6-21-17(25)12-2-4-14(19)5-3-12;/h2-5,8,11,15-16,20H,6-7,9-10H2,1H3,(H,21,25)(H,22,26);1H/t15-,16+;/m1./s1. The van der Waals surface area contributed by atoms with Crippen LogP contribution in [0.5, 0.6) is 0 Å². The fourth-order valence-electron chi connectivity index (χ4n) is 3.13. The van der Waals surface area contributed by atoms with Gasteiger partial charge in [-0.25, -0.2) is 4.39 Å². The second-order valence-electron chi connectivity index (χ2n) is 6.37. The molecule has 0 saturated carbocycles. The van der Waals surface area contributed by atoms with Crippen molar-refractivity contribution in [1.82, 2.24) is 25.7 Å². The van der Waals surface area contributed by atoms with Gasteiger partial charge >= 0.3 is 0 Å². The lowest BCUT2D eigenvalue weighted by Crippen LogP contribution is -2.39. The first-order valence-corrected chi connectivity index (χ1v) is 8.55. The molecule has 2 atom stereocenters. The number of aromatic nitrogens is 2. The van der Waals surface area contributed by atoms with Gasteiger partial charge in [0.15, 0.2) is 0 Å². The van der Waals surface area contributed by atoms with E-state index in [2.05, 4.69) is 21.0 Å². The molecule has 1 saturated heterocycles. The topological polar surface area (TPSA) is 88.0 Å². The predicted molar refractivity (Wildman–Crippen MR) is 101 cm³/mol. The second kappa shape index (κ2) is 9.48. The van der Waals surface area contributed by atoms with E-state index in [1.54, 1.807) is 10.9 Å². The zero-order chi connectivity index (χ0) is 18.5. The lowest BCUT2D eigenvalue weighted by atomic mass is 9.90.